The van der Waals surface area contributed by atoms with Crippen LogP contribution in [0.15, 0.2) is 57.8 Å². The van der Waals surface area contributed by atoms with E-state index in [1.165, 1.54) is 9.60 Å². The fourth-order valence-corrected chi connectivity index (χ4v) is 3.81. The maximum absolute atomic E-state index is 5.44. The van der Waals surface area contributed by atoms with Crippen LogP contribution in [0.4, 0.5) is 0 Å². The third kappa shape index (κ3) is 2.91. The highest BCUT2D eigenvalue weighted by Crippen LogP contribution is 2.34. The minimum Gasteiger partial charge on any atom is -0.494 e. The molecule has 0 atom stereocenters. The smallest absolute Gasteiger partial charge is 0.155 e. The Hall–Kier alpha value is -1.52. The van der Waals surface area contributed by atoms with Gasteiger partial charge in [-0.15, -0.1) is 11.3 Å². The second kappa shape index (κ2) is 5.63. The van der Waals surface area contributed by atoms with E-state index in [4.69, 9.17) is 4.74 Å². The standard InChI is InChI=1S/C15H13NOS2/c1-2-17-11-7-9-12(10-8-11)18-15-16-13-5-3-4-6-14(13)19-15/h3-10H,2H2,1H3. The van der Waals surface area contributed by atoms with Gasteiger partial charge in [0, 0.05) is 4.90 Å². The van der Waals surface area contributed by atoms with Crippen LogP contribution >= 0.6 is 23.1 Å². The molecule has 0 saturated carbocycles. The predicted molar refractivity (Wildman–Crippen MR) is 81.4 cm³/mol. The SMILES string of the molecule is CCOc1ccc(Sc2nc3ccccc3s2)cc1. The van der Waals surface area contributed by atoms with Gasteiger partial charge in [-0.05, 0) is 43.3 Å². The lowest BCUT2D eigenvalue weighted by Gasteiger charge is -2.03. The van der Waals surface area contributed by atoms with Gasteiger partial charge in [0.1, 0.15) is 5.75 Å². The summed E-state index contributed by atoms with van der Waals surface area (Å²) in [5, 5.41) is 0. The number of ether oxygens (including phenoxy) is 1. The Morgan fingerprint density at radius 2 is 1.89 bits per heavy atom. The van der Waals surface area contributed by atoms with Gasteiger partial charge in [0.25, 0.3) is 0 Å². The molecule has 1 heterocycles. The number of hydrogen-bond donors (Lipinski definition) is 0. The fourth-order valence-electron chi connectivity index (χ4n) is 1.77. The van der Waals surface area contributed by atoms with E-state index in [0.29, 0.717) is 6.61 Å². The zero-order valence-electron chi connectivity index (χ0n) is 10.5. The maximum Gasteiger partial charge on any atom is 0.155 e. The van der Waals surface area contributed by atoms with Crippen molar-refractivity contribution in [1.29, 1.82) is 0 Å². The van der Waals surface area contributed by atoms with Crippen molar-refractivity contribution < 1.29 is 4.74 Å². The van der Waals surface area contributed by atoms with Crippen LogP contribution in [0.25, 0.3) is 10.2 Å². The lowest BCUT2D eigenvalue weighted by atomic mass is 10.3. The molecule has 0 aliphatic rings. The Balaban J connectivity index is 1.80. The van der Waals surface area contributed by atoms with Crippen LogP contribution in [0, 0.1) is 0 Å². The number of para-hydroxylation sites is 1. The predicted octanol–water partition coefficient (Wildman–Crippen LogP) is 4.85. The van der Waals surface area contributed by atoms with Gasteiger partial charge in [-0.25, -0.2) is 4.98 Å². The lowest BCUT2D eigenvalue weighted by molar-refractivity contribution is 0.340. The molecule has 1 aromatic heterocycles. The molecule has 19 heavy (non-hydrogen) atoms. The van der Waals surface area contributed by atoms with Crippen LogP contribution < -0.4 is 4.74 Å². The summed E-state index contributed by atoms with van der Waals surface area (Å²) < 4.78 is 7.74. The number of fused-ring (bicyclic) bond motifs is 1. The van der Waals surface area contributed by atoms with Gasteiger partial charge >= 0.3 is 0 Å². The lowest BCUT2D eigenvalue weighted by Crippen LogP contribution is -1.90. The first kappa shape index (κ1) is 12.5. The molecule has 4 heteroatoms. The number of thiazole rings is 1. The van der Waals surface area contributed by atoms with Gasteiger partial charge in [-0.1, -0.05) is 23.9 Å². The molecule has 0 N–H and O–H groups in total. The molecule has 0 aliphatic carbocycles. The third-order valence-electron chi connectivity index (χ3n) is 2.61. The molecule has 0 spiro atoms. The minimum absolute atomic E-state index is 0.699. The van der Waals surface area contributed by atoms with E-state index in [1.807, 2.05) is 37.3 Å². The normalized spacial score (nSPS) is 10.8. The molecule has 0 aliphatic heterocycles. The summed E-state index contributed by atoms with van der Waals surface area (Å²) in [5.41, 5.74) is 1.07. The summed E-state index contributed by atoms with van der Waals surface area (Å²) in [6.07, 6.45) is 0. The Labute approximate surface area is 120 Å². The van der Waals surface area contributed by atoms with Crippen molar-refractivity contribution in [3.8, 4) is 5.75 Å². The number of benzene rings is 2. The summed E-state index contributed by atoms with van der Waals surface area (Å²) in [5.74, 6) is 0.913. The first-order chi connectivity index (χ1) is 9.35. The molecular weight excluding hydrogens is 274 g/mol. The van der Waals surface area contributed by atoms with Crippen molar-refractivity contribution >= 4 is 33.3 Å². The Morgan fingerprint density at radius 1 is 1.11 bits per heavy atom. The van der Waals surface area contributed by atoms with Crippen molar-refractivity contribution in [2.24, 2.45) is 0 Å². The second-order valence-electron chi connectivity index (χ2n) is 3.95. The second-order valence-corrected chi connectivity index (χ2v) is 6.31. The van der Waals surface area contributed by atoms with Crippen molar-refractivity contribution in [3.05, 3.63) is 48.5 Å². The van der Waals surface area contributed by atoms with Gasteiger partial charge in [0.05, 0.1) is 16.8 Å². The monoisotopic (exact) mass is 287 g/mol. The Bertz CT molecular complexity index is 643. The number of hydrogen-bond acceptors (Lipinski definition) is 4. The van der Waals surface area contributed by atoms with E-state index in [2.05, 4.69) is 23.2 Å². The van der Waals surface area contributed by atoms with Crippen LogP contribution in [0.1, 0.15) is 6.92 Å². The molecule has 2 nitrogen and oxygen atoms in total. The van der Waals surface area contributed by atoms with Gasteiger partial charge in [-0.3, -0.25) is 0 Å². The van der Waals surface area contributed by atoms with Crippen molar-refractivity contribution in [2.75, 3.05) is 6.61 Å². The van der Waals surface area contributed by atoms with E-state index >= 15 is 0 Å². The minimum atomic E-state index is 0.699. The fraction of sp³-hybridized carbons (Fsp3) is 0.133. The zero-order chi connectivity index (χ0) is 13.1. The topological polar surface area (TPSA) is 22.1 Å². The first-order valence-electron chi connectivity index (χ1n) is 6.11. The molecule has 3 aromatic rings. The van der Waals surface area contributed by atoms with E-state index < -0.39 is 0 Å². The molecule has 0 bridgehead atoms. The summed E-state index contributed by atoms with van der Waals surface area (Å²) in [6, 6.07) is 16.4. The van der Waals surface area contributed by atoms with E-state index in [0.717, 1.165) is 15.6 Å². The summed E-state index contributed by atoms with van der Waals surface area (Å²) in [7, 11) is 0. The number of rotatable bonds is 4. The number of nitrogens with zero attached hydrogens (tertiary/aromatic N) is 1. The van der Waals surface area contributed by atoms with Crippen molar-refractivity contribution in [2.45, 2.75) is 16.2 Å². The molecule has 3 rings (SSSR count). The Kier molecular flexibility index (Phi) is 3.71. The number of aromatic nitrogens is 1. The molecule has 0 unspecified atom stereocenters. The zero-order valence-corrected chi connectivity index (χ0v) is 12.1. The van der Waals surface area contributed by atoms with Crippen molar-refractivity contribution in [3.63, 3.8) is 0 Å². The van der Waals surface area contributed by atoms with Crippen LogP contribution in [0.3, 0.4) is 0 Å². The molecule has 0 radical (unpaired) electrons. The molecule has 0 fully saturated rings. The van der Waals surface area contributed by atoms with Crippen LogP contribution in [0.2, 0.25) is 0 Å². The summed E-state index contributed by atoms with van der Waals surface area (Å²) >= 11 is 3.42. The highest BCUT2D eigenvalue weighted by atomic mass is 32.2. The molecule has 2 aromatic carbocycles. The summed E-state index contributed by atoms with van der Waals surface area (Å²) in [4.78, 5) is 5.80. The van der Waals surface area contributed by atoms with E-state index in [1.54, 1.807) is 23.1 Å². The van der Waals surface area contributed by atoms with E-state index in [9.17, 15) is 0 Å². The molecular formula is C15H13NOS2. The van der Waals surface area contributed by atoms with Gasteiger partial charge in [0.2, 0.25) is 0 Å². The summed E-state index contributed by atoms with van der Waals surface area (Å²) in [6.45, 7) is 2.69. The molecule has 96 valence electrons. The highest BCUT2D eigenvalue weighted by Gasteiger charge is 2.05. The van der Waals surface area contributed by atoms with Gasteiger partial charge in [0.15, 0.2) is 4.34 Å². The van der Waals surface area contributed by atoms with Gasteiger partial charge in [-0.2, -0.15) is 0 Å². The average molecular weight is 287 g/mol. The average Bonchev–Trinajstić information content (AvgIpc) is 2.83. The molecule has 0 saturated heterocycles. The Morgan fingerprint density at radius 3 is 2.63 bits per heavy atom. The van der Waals surface area contributed by atoms with Gasteiger partial charge < -0.3 is 4.74 Å². The van der Waals surface area contributed by atoms with E-state index in [-0.39, 0.29) is 0 Å². The quantitative estimate of drug-likeness (QED) is 0.685. The van der Waals surface area contributed by atoms with Crippen molar-refractivity contribution in [1.82, 2.24) is 4.98 Å². The van der Waals surface area contributed by atoms with Crippen LogP contribution in [-0.2, 0) is 0 Å². The maximum atomic E-state index is 5.44. The largest absolute Gasteiger partial charge is 0.494 e. The highest BCUT2D eigenvalue weighted by molar-refractivity contribution is 8.01. The molecule has 0 amide bonds. The first-order valence-corrected chi connectivity index (χ1v) is 7.75. The van der Waals surface area contributed by atoms with Crippen LogP contribution in [0.5, 0.6) is 5.75 Å². The third-order valence-corrected chi connectivity index (χ3v) is 4.72. The van der Waals surface area contributed by atoms with Crippen LogP contribution in [-0.4, -0.2) is 11.6 Å².